The molecule has 1 aromatic carbocycles. The van der Waals surface area contributed by atoms with Crippen LogP contribution in [0, 0.1) is 0 Å². The lowest BCUT2D eigenvalue weighted by Crippen LogP contribution is -2.29. The van der Waals surface area contributed by atoms with E-state index in [1.807, 2.05) is 18.2 Å². The van der Waals surface area contributed by atoms with Gasteiger partial charge in [0.15, 0.2) is 0 Å². The largest absolute Gasteiger partial charge is 0.497 e. The van der Waals surface area contributed by atoms with E-state index in [9.17, 15) is 4.79 Å². The van der Waals surface area contributed by atoms with Crippen LogP contribution in [-0.2, 0) is 0 Å². The van der Waals surface area contributed by atoms with Crippen molar-refractivity contribution < 1.29 is 14.6 Å². The number of hydrogen-bond acceptors (Lipinski definition) is 3. The molecule has 0 aliphatic rings. The summed E-state index contributed by atoms with van der Waals surface area (Å²) in [4.78, 5) is 11.6. The Hall–Kier alpha value is -1.75. The second kappa shape index (κ2) is 9.22. The molecule has 0 fully saturated rings. The summed E-state index contributed by atoms with van der Waals surface area (Å²) in [5, 5.41) is 14.2. The molecule has 0 bridgehead atoms. The highest BCUT2D eigenvalue weighted by atomic mass is 16.5. The molecule has 0 aliphatic carbocycles. The lowest BCUT2D eigenvalue weighted by Gasteiger charge is -2.08. The molecular formula is C14H22N2O3. The van der Waals surface area contributed by atoms with Gasteiger partial charge in [-0.3, -0.25) is 0 Å². The van der Waals surface area contributed by atoms with E-state index < -0.39 is 0 Å². The minimum atomic E-state index is -0.213. The number of urea groups is 1. The number of nitrogens with one attached hydrogen (secondary N) is 2. The maximum absolute atomic E-state index is 11.6. The Bertz CT molecular complexity index is 383. The molecule has 0 aromatic heterocycles. The van der Waals surface area contributed by atoms with Crippen LogP contribution in [0.3, 0.4) is 0 Å². The van der Waals surface area contributed by atoms with E-state index in [1.54, 1.807) is 13.2 Å². The fourth-order valence-electron chi connectivity index (χ4n) is 1.67. The number of rotatable bonds is 8. The van der Waals surface area contributed by atoms with Gasteiger partial charge in [-0.2, -0.15) is 0 Å². The molecule has 2 amide bonds. The van der Waals surface area contributed by atoms with E-state index in [-0.39, 0.29) is 12.6 Å². The molecule has 0 atom stereocenters. The number of anilines is 1. The quantitative estimate of drug-likeness (QED) is 0.633. The van der Waals surface area contributed by atoms with Crippen molar-refractivity contribution in [3.63, 3.8) is 0 Å². The summed E-state index contributed by atoms with van der Waals surface area (Å²) in [6, 6.07) is 7.01. The zero-order valence-electron chi connectivity index (χ0n) is 11.3. The molecule has 1 rings (SSSR count). The smallest absolute Gasteiger partial charge is 0.319 e. The molecule has 5 heteroatoms. The van der Waals surface area contributed by atoms with Crippen LogP contribution in [0.15, 0.2) is 24.3 Å². The summed E-state index contributed by atoms with van der Waals surface area (Å²) in [5.41, 5.74) is 0.706. The molecule has 0 unspecified atom stereocenters. The van der Waals surface area contributed by atoms with Crippen molar-refractivity contribution in [1.82, 2.24) is 5.32 Å². The standard InChI is InChI=1S/C14H22N2O3/c1-19-13-8-6-7-12(11-13)16-14(18)15-9-4-2-3-5-10-17/h6-8,11,17H,2-5,9-10H2,1H3,(H2,15,16,18). The van der Waals surface area contributed by atoms with Crippen molar-refractivity contribution >= 4 is 11.7 Å². The van der Waals surface area contributed by atoms with Gasteiger partial charge in [0.25, 0.3) is 0 Å². The van der Waals surface area contributed by atoms with E-state index in [1.165, 1.54) is 0 Å². The van der Waals surface area contributed by atoms with Crippen molar-refractivity contribution in [3.8, 4) is 5.75 Å². The second-order valence-corrected chi connectivity index (χ2v) is 4.25. The van der Waals surface area contributed by atoms with Crippen molar-refractivity contribution in [1.29, 1.82) is 0 Å². The summed E-state index contributed by atoms with van der Waals surface area (Å²) < 4.78 is 5.08. The first-order valence-corrected chi connectivity index (χ1v) is 6.56. The highest BCUT2D eigenvalue weighted by Crippen LogP contribution is 2.16. The van der Waals surface area contributed by atoms with Crippen molar-refractivity contribution in [2.24, 2.45) is 0 Å². The average molecular weight is 266 g/mol. The van der Waals surface area contributed by atoms with Crippen LogP contribution in [0.1, 0.15) is 25.7 Å². The zero-order valence-corrected chi connectivity index (χ0v) is 11.3. The molecule has 0 aliphatic heterocycles. The number of carbonyl (C=O) groups excluding carboxylic acids is 1. The molecule has 0 saturated carbocycles. The Kier molecular flexibility index (Phi) is 7.43. The van der Waals surface area contributed by atoms with E-state index in [4.69, 9.17) is 9.84 Å². The SMILES string of the molecule is COc1cccc(NC(=O)NCCCCCCO)c1. The maximum Gasteiger partial charge on any atom is 0.319 e. The average Bonchev–Trinajstić information content (AvgIpc) is 2.43. The van der Waals surface area contributed by atoms with Gasteiger partial charge in [-0.15, -0.1) is 0 Å². The van der Waals surface area contributed by atoms with Crippen LogP contribution in [-0.4, -0.2) is 31.4 Å². The van der Waals surface area contributed by atoms with Crippen LogP contribution in [0.5, 0.6) is 5.75 Å². The molecule has 19 heavy (non-hydrogen) atoms. The third-order valence-electron chi connectivity index (χ3n) is 2.70. The first kappa shape index (κ1) is 15.3. The number of hydrogen-bond donors (Lipinski definition) is 3. The fourth-order valence-corrected chi connectivity index (χ4v) is 1.67. The van der Waals surface area contributed by atoms with Gasteiger partial charge in [-0.25, -0.2) is 4.79 Å². The Morgan fingerprint density at radius 1 is 1.26 bits per heavy atom. The molecular weight excluding hydrogens is 244 g/mol. The first-order valence-electron chi connectivity index (χ1n) is 6.56. The van der Waals surface area contributed by atoms with Crippen molar-refractivity contribution in [2.45, 2.75) is 25.7 Å². The van der Waals surface area contributed by atoms with Crippen molar-refractivity contribution in [2.75, 3.05) is 25.6 Å². The first-order chi connectivity index (χ1) is 9.26. The predicted molar refractivity (Wildman–Crippen MR) is 75.6 cm³/mol. The molecule has 0 spiro atoms. The number of ether oxygens (including phenoxy) is 1. The number of benzene rings is 1. The number of aliphatic hydroxyl groups excluding tert-OH is 1. The summed E-state index contributed by atoms with van der Waals surface area (Å²) in [7, 11) is 1.59. The number of unbranched alkanes of at least 4 members (excludes halogenated alkanes) is 3. The number of methoxy groups -OCH3 is 1. The lowest BCUT2D eigenvalue weighted by atomic mass is 10.2. The Balaban J connectivity index is 2.19. The van der Waals surface area contributed by atoms with E-state index in [2.05, 4.69) is 10.6 Å². The topological polar surface area (TPSA) is 70.6 Å². The molecule has 0 radical (unpaired) electrons. The van der Waals surface area contributed by atoms with Gasteiger partial charge in [-0.05, 0) is 25.0 Å². The van der Waals surface area contributed by atoms with Crippen LogP contribution < -0.4 is 15.4 Å². The fraction of sp³-hybridized carbons (Fsp3) is 0.500. The summed E-state index contributed by atoms with van der Waals surface area (Å²) in [6.45, 7) is 0.880. The third-order valence-corrected chi connectivity index (χ3v) is 2.70. The second-order valence-electron chi connectivity index (χ2n) is 4.25. The van der Waals surface area contributed by atoms with Crippen LogP contribution in [0.25, 0.3) is 0 Å². The van der Waals surface area contributed by atoms with Gasteiger partial charge in [0.05, 0.1) is 7.11 Å². The Morgan fingerprint density at radius 3 is 2.79 bits per heavy atom. The van der Waals surface area contributed by atoms with E-state index >= 15 is 0 Å². The molecule has 3 N–H and O–H groups in total. The lowest BCUT2D eigenvalue weighted by molar-refractivity contribution is 0.251. The minimum Gasteiger partial charge on any atom is -0.497 e. The number of amides is 2. The van der Waals surface area contributed by atoms with Crippen LogP contribution in [0.4, 0.5) is 10.5 Å². The highest BCUT2D eigenvalue weighted by Gasteiger charge is 2.01. The Morgan fingerprint density at radius 2 is 2.05 bits per heavy atom. The molecule has 0 heterocycles. The zero-order chi connectivity index (χ0) is 13.9. The van der Waals surface area contributed by atoms with E-state index in [0.29, 0.717) is 18.0 Å². The van der Waals surface area contributed by atoms with Crippen LogP contribution in [0.2, 0.25) is 0 Å². The van der Waals surface area contributed by atoms with Gasteiger partial charge in [0.1, 0.15) is 5.75 Å². The van der Waals surface area contributed by atoms with Gasteiger partial charge < -0.3 is 20.5 Å². The third kappa shape index (κ3) is 6.67. The normalized spacial score (nSPS) is 10.0. The van der Waals surface area contributed by atoms with Crippen molar-refractivity contribution in [3.05, 3.63) is 24.3 Å². The molecule has 106 valence electrons. The Labute approximate surface area is 114 Å². The highest BCUT2D eigenvalue weighted by molar-refractivity contribution is 5.89. The monoisotopic (exact) mass is 266 g/mol. The predicted octanol–water partition coefficient (Wildman–Crippen LogP) is 2.37. The summed E-state index contributed by atoms with van der Waals surface area (Å²) in [6.07, 6.45) is 3.76. The molecule has 0 saturated heterocycles. The maximum atomic E-state index is 11.6. The van der Waals surface area contributed by atoms with Gasteiger partial charge in [-0.1, -0.05) is 18.9 Å². The summed E-state index contributed by atoms with van der Waals surface area (Å²) in [5.74, 6) is 0.710. The van der Waals surface area contributed by atoms with Gasteiger partial charge >= 0.3 is 6.03 Å². The molecule has 1 aromatic rings. The molecule has 5 nitrogen and oxygen atoms in total. The number of carbonyl (C=O) groups is 1. The summed E-state index contributed by atoms with van der Waals surface area (Å²) >= 11 is 0. The van der Waals surface area contributed by atoms with Gasteiger partial charge in [0, 0.05) is 24.9 Å². The van der Waals surface area contributed by atoms with Crippen LogP contribution >= 0.6 is 0 Å². The minimum absolute atomic E-state index is 0.213. The van der Waals surface area contributed by atoms with E-state index in [0.717, 1.165) is 25.7 Å². The van der Waals surface area contributed by atoms with Gasteiger partial charge in [0.2, 0.25) is 0 Å². The number of aliphatic hydroxyl groups is 1.